The first-order valence-corrected chi connectivity index (χ1v) is 11.1. The van der Waals surface area contributed by atoms with E-state index in [0.29, 0.717) is 41.4 Å². The van der Waals surface area contributed by atoms with E-state index in [-0.39, 0.29) is 35.8 Å². The predicted octanol–water partition coefficient (Wildman–Crippen LogP) is 4.25. The zero-order valence-electron chi connectivity index (χ0n) is 18.2. The zero-order valence-corrected chi connectivity index (χ0v) is 18.2. The van der Waals surface area contributed by atoms with Crippen LogP contribution in [0.4, 0.5) is 20.7 Å². The van der Waals surface area contributed by atoms with Gasteiger partial charge in [0.05, 0.1) is 12.0 Å². The number of aromatic nitrogens is 1. The Morgan fingerprint density at radius 3 is 2.94 bits per heavy atom. The van der Waals surface area contributed by atoms with Gasteiger partial charge in [0.15, 0.2) is 0 Å². The molecule has 1 saturated carbocycles. The van der Waals surface area contributed by atoms with Crippen molar-refractivity contribution in [3.05, 3.63) is 71.2 Å². The molecule has 3 aliphatic rings. The highest BCUT2D eigenvalue weighted by Gasteiger charge is 2.59. The van der Waals surface area contributed by atoms with Crippen LogP contribution in [0.3, 0.4) is 0 Å². The standard InChI is InChI=1S/C25H21FN4O4/c1-12-10-13(2-5-17(12)26)28-25(32)30-22-21-16-11-14(3-6-18(16)34-23(21)22)33-19-8-9-27-24-15(19)4-7-20(31)29-24/h2-3,5-6,8-11,21-23H,4,7H2,1H3,(H,27,29,31)(H2,28,30,32)/t21-,22?,23-/m0/s1. The molecule has 0 radical (unpaired) electrons. The van der Waals surface area contributed by atoms with Gasteiger partial charge >= 0.3 is 6.03 Å². The molecule has 6 rings (SSSR count). The molecule has 0 bridgehead atoms. The molecule has 3 aromatic rings. The van der Waals surface area contributed by atoms with E-state index in [2.05, 4.69) is 20.9 Å². The van der Waals surface area contributed by atoms with Crippen molar-refractivity contribution in [2.24, 2.45) is 0 Å². The van der Waals surface area contributed by atoms with Crippen LogP contribution >= 0.6 is 0 Å². The number of carbonyl (C=O) groups excluding carboxylic acids is 2. The lowest BCUT2D eigenvalue weighted by Crippen LogP contribution is -2.34. The van der Waals surface area contributed by atoms with Gasteiger partial charge in [-0.1, -0.05) is 0 Å². The number of nitrogens with one attached hydrogen (secondary N) is 3. The largest absolute Gasteiger partial charge is 0.487 e. The second kappa shape index (κ2) is 7.72. The second-order valence-corrected chi connectivity index (χ2v) is 8.68. The molecule has 1 aromatic heterocycles. The summed E-state index contributed by atoms with van der Waals surface area (Å²) in [5, 5.41) is 8.45. The Balaban J connectivity index is 1.14. The number of hydrogen-bond acceptors (Lipinski definition) is 5. The molecular formula is C25H21FN4O4. The number of nitrogens with zero attached hydrogens (tertiary/aromatic N) is 1. The third kappa shape index (κ3) is 3.59. The second-order valence-electron chi connectivity index (χ2n) is 8.68. The Bertz CT molecular complexity index is 1340. The average Bonchev–Trinajstić information content (AvgIpc) is 3.32. The summed E-state index contributed by atoms with van der Waals surface area (Å²) in [6.45, 7) is 1.64. The van der Waals surface area contributed by atoms with Crippen molar-refractivity contribution in [1.82, 2.24) is 10.3 Å². The summed E-state index contributed by atoms with van der Waals surface area (Å²) < 4.78 is 25.6. The maximum Gasteiger partial charge on any atom is 0.319 e. The minimum Gasteiger partial charge on any atom is -0.487 e. The van der Waals surface area contributed by atoms with Crippen LogP contribution in [0.5, 0.6) is 17.2 Å². The van der Waals surface area contributed by atoms with E-state index in [1.54, 1.807) is 25.3 Å². The van der Waals surface area contributed by atoms with Crippen molar-refractivity contribution in [3.63, 3.8) is 0 Å². The number of anilines is 2. The number of benzene rings is 2. The van der Waals surface area contributed by atoms with Gasteiger partial charge in [-0.05, 0) is 61.4 Å². The van der Waals surface area contributed by atoms with Gasteiger partial charge in [0.25, 0.3) is 0 Å². The lowest BCUT2D eigenvalue weighted by Gasteiger charge is -2.19. The van der Waals surface area contributed by atoms with Crippen LogP contribution in [0.2, 0.25) is 0 Å². The summed E-state index contributed by atoms with van der Waals surface area (Å²) in [6, 6.07) is 11.3. The molecule has 0 spiro atoms. The molecule has 34 heavy (non-hydrogen) atoms. The van der Waals surface area contributed by atoms with Crippen LogP contribution in [-0.4, -0.2) is 29.1 Å². The highest BCUT2D eigenvalue weighted by Crippen LogP contribution is 2.54. The van der Waals surface area contributed by atoms with Crippen molar-refractivity contribution >= 4 is 23.4 Å². The number of halogens is 1. The van der Waals surface area contributed by atoms with Gasteiger partial charge in [-0.25, -0.2) is 14.2 Å². The van der Waals surface area contributed by atoms with E-state index in [1.807, 2.05) is 18.2 Å². The molecule has 3 heterocycles. The summed E-state index contributed by atoms with van der Waals surface area (Å²) in [5.41, 5.74) is 2.83. The molecular weight excluding hydrogens is 439 g/mol. The van der Waals surface area contributed by atoms with Gasteiger partial charge < -0.3 is 25.4 Å². The monoisotopic (exact) mass is 460 g/mol. The number of hydrogen-bond donors (Lipinski definition) is 3. The zero-order chi connectivity index (χ0) is 23.4. The number of rotatable bonds is 4. The summed E-state index contributed by atoms with van der Waals surface area (Å²) in [5.74, 6) is 2.27. The van der Waals surface area contributed by atoms with E-state index in [4.69, 9.17) is 9.47 Å². The molecule has 3 N–H and O–H groups in total. The minimum absolute atomic E-state index is 0.0323. The van der Waals surface area contributed by atoms with Gasteiger partial charge in [0.1, 0.15) is 35.0 Å². The Morgan fingerprint density at radius 1 is 1.21 bits per heavy atom. The van der Waals surface area contributed by atoms with Gasteiger partial charge in [0.2, 0.25) is 5.91 Å². The molecule has 172 valence electrons. The average molecular weight is 460 g/mol. The third-order valence-electron chi connectivity index (χ3n) is 6.37. The van der Waals surface area contributed by atoms with Crippen molar-refractivity contribution in [3.8, 4) is 17.2 Å². The number of pyridine rings is 1. The Morgan fingerprint density at radius 2 is 2.09 bits per heavy atom. The quantitative estimate of drug-likeness (QED) is 0.540. The van der Waals surface area contributed by atoms with E-state index in [0.717, 1.165) is 16.9 Å². The van der Waals surface area contributed by atoms with Crippen molar-refractivity contribution in [2.45, 2.75) is 37.8 Å². The normalized spacial score (nSPS) is 21.4. The lowest BCUT2D eigenvalue weighted by molar-refractivity contribution is -0.116. The van der Waals surface area contributed by atoms with Crippen molar-refractivity contribution in [1.29, 1.82) is 0 Å². The SMILES string of the molecule is Cc1cc(NC(=O)NC2[C@H]3Oc4ccc(Oc5ccnc6c5CCC(=O)N6)cc4[C@@H]23)ccc1F. The predicted molar refractivity (Wildman–Crippen MR) is 122 cm³/mol. The van der Waals surface area contributed by atoms with E-state index in [1.165, 1.54) is 12.1 Å². The molecule has 0 saturated heterocycles. The first-order chi connectivity index (χ1) is 16.5. The smallest absolute Gasteiger partial charge is 0.319 e. The fraction of sp³-hybridized carbons (Fsp3) is 0.240. The van der Waals surface area contributed by atoms with E-state index >= 15 is 0 Å². The molecule has 2 aliphatic heterocycles. The summed E-state index contributed by atoms with van der Waals surface area (Å²) >= 11 is 0. The minimum atomic E-state index is -0.367. The first kappa shape index (κ1) is 20.5. The summed E-state index contributed by atoms with van der Waals surface area (Å²) in [7, 11) is 0. The lowest BCUT2D eigenvalue weighted by atomic mass is 10.1. The van der Waals surface area contributed by atoms with Crippen LogP contribution < -0.4 is 25.4 Å². The fourth-order valence-electron chi connectivity index (χ4n) is 4.60. The fourth-order valence-corrected chi connectivity index (χ4v) is 4.60. The number of aryl methyl sites for hydroxylation is 1. The van der Waals surface area contributed by atoms with Gasteiger partial charge in [0, 0.05) is 29.4 Å². The van der Waals surface area contributed by atoms with Crippen molar-refractivity contribution in [2.75, 3.05) is 10.6 Å². The molecule has 8 nitrogen and oxygen atoms in total. The van der Waals surface area contributed by atoms with Crippen LogP contribution in [0.25, 0.3) is 0 Å². The van der Waals surface area contributed by atoms with Crippen molar-refractivity contribution < 1.29 is 23.5 Å². The van der Waals surface area contributed by atoms with Gasteiger partial charge in [-0.3, -0.25) is 4.79 Å². The number of urea groups is 1. The highest BCUT2D eigenvalue weighted by molar-refractivity contribution is 5.93. The molecule has 1 aliphatic carbocycles. The Hall–Kier alpha value is -4.14. The number of fused-ring (bicyclic) bond motifs is 4. The summed E-state index contributed by atoms with van der Waals surface area (Å²) in [6.07, 6.45) is 2.44. The summed E-state index contributed by atoms with van der Waals surface area (Å²) in [4.78, 5) is 28.3. The topological polar surface area (TPSA) is 102 Å². The van der Waals surface area contributed by atoms with E-state index in [9.17, 15) is 14.0 Å². The Kier molecular flexibility index (Phi) is 4.65. The Labute approximate surface area is 194 Å². The maximum atomic E-state index is 13.4. The molecule has 9 heteroatoms. The molecule has 2 aromatic carbocycles. The first-order valence-electron chi connectivity index (χ1n) is 11.1. The van der Waals surface area contributed by atoms with E-state index < -0.39 is 0 Å². The molecule has 3 atom stereocenters. The highest BCUT2D eigenvalue weighted by atomic mass is 19.1. The molecule has 1 unspecified atom stereocenters. The van der Waals surface area contributed by atoms with Crippen LogP contribution in [0.1, 0.15) is 29.0 Å². The maximum absolute atomic E-state index is 13.4. The van der Waals surface area contributed by atoms with Gasteiger partial charge in [-0.2, -0.15) is 0 Å². The number of ether oxygens (including phenoxy) is 2. The number of carbonyl (C=O) groups is 2. The van der Waals surface area contributed by atoms with Gasteiger partial charge in [-0.15, -0.1) is 0 Å². The number of amides is 3. The van der Waals surface area contributed by atoms with Crippen LogP contribution in [0, 0.1) is 12.7 Å². The molecule has 1 fully saturated rings. The van der Waals surface area contributed by atoms with Crippen LogP contribution in [-0.2, 0) is 11.2 Å². The third-order valence-corrected chi connectivity index (χ3v) is 6.37. The molecule has 3 amide bonds. The van der Waals surface area contributed by atoms with Crippen LogP contribution in [0.15, 0.2) is 48.7 Å².